The highest BCUT2D eigenvalue weighted by molar-refractivity contribution is 5.24. The Morgan fingerprint density at radius 2 is 2.05 bits per heavy atom. The van der Waals surface area contributed by atoms with E-state index in [0.717, 1.165) is 37.9 Å². The first-order valence-electron chi connectivity index (χ1n) is 8.36. The van der Waals surface area contributed by atoms with Crippen LogP contribution in [0.3, 0.4) is 0 Å². The van der Waals surface area contributed by atoms with Crippen LogP contribution in [0.1, 0.15) is 56.5 Å². The summed E-state index contributed by atoms with van der Waals surface area (Å²) in [5.74, 6) is 0.747. The average molecular weight is 295 g/mol. The van der Waals surface area contributed by atoms with Gasteiger partial charge in [0.15, 0.2) is 0 Å². The van der Waals surface area contributed by atoms with E-state index >= 15 is 0 Å². The molecule has 0 radical (unpaired) electrons. The second-order valence-electron chi connectivity index (χ2n) is 5.92. The van der Waals surface area contributed by atoms with Gasteiger partial charge in [-0.3, -0.25) is 4.68 Å². The third-order valence-electron chi connectivity index (χ3n) is 4.29. The normalized spacial score (nSPS) is 12.8. The largest absolute Gasteiger partial charge is 0.383 e. The quantitative estimate of drug-likeness (QED) is 0.636. The van der Waals surface area contributed by atoms with Gasteiger partial charge in [-0.25, -0.2) is 0 Å². The van der Waals surface area contributed by atoms with E-state index in [2.05, 4.69) is 37.7 Å². The first kappa shape index (κ1) is 18.2. The van der Waals surface area contributed by atoms with E-state index < -0.39 is 0 Å². The van der Waals surface area contributed by atoms with Gasteiger partial charge in [0.1, 0.15) is 0 Å². The molecule has 0 spiro atoms. The maximum Gasteiger partial charge on any atom is 0.0641 e. The van der Waals surface area contributed by atoms with Crippen molar-refractivity contribution in [2.75, 3.05) is 20.3 Å². The molecule has 1 rings (SSSR count). The van der Waals surface area contributed by atoms with Crippen LogP contribution in [0.4, 0.5) is 0 Å². The number of ether oxygens (including phenoxy) is 1. The molecule has 0 aromatic carbocycles. The molecule has 1 aromatic rings. The van der Waals surface area contributed by atoms with Gasteiger partial charge in [-0.15, -0.1) is 0 Å². The fourth-order valence-corrected chi connectivity index (χ4v) is 2.72. The fourth-order valence-electron chi connectivity index (χ4n) is 2.72. The van der Waals surface area contributed by atoms with Crippen molar-refractivity contribution >= 4 is 0 Å². The van der Waals surface area contributed by atoms with Gasteiger partial charge in [0.25, 0.3) is 0 Å². The number of nitrogens with zero attached hydrogens (tertiary/aromatic N) is 2. The lowest BCUT2D eigenvalue weighted by molar-refractivity contribution is 0.199. The van der Waals surface area contributed by atoms with Crippen LogP contribution in [0.25, 0.3) is 0 Å². The maximum absolute atomic E-state index is 5.07. The van der Waals surface area contributed by atoms with Crippen LogP contribution < -0.4 is 5.32 Å². The minimum atomic E-state index is 0.747. The molecule has 1 atom stereocenters. The lowest BCUT2D eigenvalue weighted by atomic mass is 9.99. The molecule has 0 aliphatic rings. The average Bonchev–Trinajstić information content (AvgIpc) is 2.74. The number of aryl methyl sites for hydroxylation is 1. The van der Waals surface area contributed by atoms with Gasteiger partial charge in [-0.1, -0.05) is 33.1 Å². The van der Waals surface area contributed by atoms with Crippen molar-refractivity contribution in [2.45, 2.75) is 66.5 Å². The van der Waals surface area contributed by atoms with Crippen LogP contribution in [-0.2, 0) is 17.8 Å². The van der Waals surface area contributed by atoms with Gasteiger partial charge in [0.05, 0.1) is 12.3 Å². The predicted molar refractivity (Wildman–Crippen MR) is 88.6 cm³/mol. The molecule has 4 heteroatoms. The lowest BCUT2D eigenvalue weighted by Gasteiger charge is -2.15. The Hall–Kier alpha value is -0.870. The molecule has 4 nitrogen and oxygen atoms in total. The van der Waals surface area contributed by atoms with Crippen molar-refractivity contribution in [3.8, 4) is 0 Å². The molecular weight excluding hydrogens is 262 g/mol. The summed E-state index contributed by atoms with van der Waals surface area (Å²) in [7, 11) is 1.73. The molecule has 0 fully saturated rings. The van der Waals surface area contributed by atoms with Crippen LogP contribution in [0.15, 0.2) is 0 Å². The summed E-state index contributed by atoms with van der Waals surface area (Å²) in [6.07, 6.45) is 5.15. The highest BCUT2D eigenvalue weighted by Crippen LogP contribution is 2.19. The van der Waals surface area contributed by atoms with E-state index in [9.17, 15) is 0 Å². The number of rotatable bonds is 11. The zero-order valence-corrected chi connectivity index (χ0v) is 14.5. The van der Waals surface area contributed by atoms with E-state index in [0.29, 0.717) is 0 Å². The zero-order valence-electron chi connectivity index (χ0n) is 14.5. The zero-order chi connectivity index (χ0) is 15.7. The van der Waals surface area contributed by atoms with E-state index in [1.807, 2.05) is 0 Å². The van der Waals surface area contributed by atoms with E-state index in [-0.39, 0.29) is 0 Å². The highest BCUT2D eigenvalue weighted by atomic mass is 16.5. The Bertz CT molecular complexity index is 401. The van der Waals surface area contributed by atoms with Crippen LogP contribution in [-0.4, -0.2) is 30.0 Å². The second-order valence-corrected chi connectivity index (χ2v) is 5.92. The summed E-state index contributed by atoms with van der Waals surface area (Å²) in [5, 5.41) is 8.17. The van der Waals surface area contributed by atoms with Crippen molar-refractivity contribution in [1.82, 2.24) is 15.1 Å². The minimum absolute atomic E-state index is 0.747. The Morgan fingerprint density at radius 1 is 1.29 bits per heavy atom. The van der Waals surface area contributed by atoms with Crippen molar-refractivity contribution in [2.24, 2.45) is 5.92 Å². The maximum atomic E-state index is 5.07. The van der Waals surface area contributed by atoms with Gasteiger partial charge >= 0.3 is 0 Å². The molecule has 1 N–H and O–H groups in total. The number of hydrogen-bond acceptors (Lipinski definition) is 3. The number of hydrogen-bond donors (Lipinski definition) is 1. The minimum Gasteiger partial charge on any atom is -0.383 e. The van der Waals surface area contributed by atoms with Gasteiger partial charge in [0.2, 0.25) is 0 Å². The summed E-state index contributed by atoms with van der Waals surface area (Å²) in [6, 6.07) is 0. The Labute approximate surface area is 130 Å². The first-order valence-corrected chi connectivity index (χ1v) is 8.36. The molecule has 122 valence electrons. The summed E-state index contributed by atoms with van der Waals surface area (Å²) < 4.78 is 7.28. The van der Waals surface area contributed by atoms with Crippen LogP contribution in [0.2, 0.25) is 0 Å². The van der Waals surface area contributed by atoms with Gasteiger partial charge in [-0.05, 0) is 26.2 Å². The van der Waals surface area contributed by atoms with E-state index in [1.165, 1.54) is 36.9 Å². The van der Waals surface area contributed by atoms with Crippen LogP contribution in [0, 0.1) is 19.8 Å². The predicted octanol–water partition coefficient (Wildman–Crippen LogP) is 3.45. The van der Waals surface area contributed by atoms with Gasteiger partial charge < -0.3 is 10.1 Å². The Kier molecular flexibility index (Phi) is 8.62. The number of unbranched alkanes of at least 4 members (excludes halogenated alkanes) is 1. The first-order chi connectivity index (χ1) is 10.1. The third-order valence-corrected chi connectivity index (χ3v) is 4.29. The Morgan fingerprint density at radius 3 is 2.67 bits per heavy atom. The van der Waals surface area contributed by atoms with Crippen LogP contribution >= 0.6 is 0 Å². The summed E-state index contributed by atoms with van der Waals surface area (Å²) in [5.41, 5.74) is 3.81. The summed E-state index contributed by atoms with van der Waals surface area (Å²) >= 11 is 0. The standard InChI is InChI=1S/C17H33N3O/c1-6-8-9-16(7-2)13-20-15(4)17(14(3)19-20)12-18-10-11-21-5/h16,18H,6-13H2,1-5H3. The molecule has 0 amide bonds. The Balaban J connectivity index is 2.62. The van der Waals surface area contributed by atoms with E-state index in [4.69, 9.17) is 9.84 Å². The van der Waals surface area contributed by atoms with Gasteiger partial charge in [0, 0.05) is 38.0 Å². The van der Waals surface area contributed by atoms with Crippen LogP contribution in [0.5, 0.6) is 0 Å². The lowest BCUT2D eigenvalue weighted by Crippen LogP contribution is -2.19. The summed E-state index contributed by atoms with van der Waals surface area (Å²) in [4.78, 5) is 0. The number of nitrogens with one attached hydrogen (secondary N) is 1. The third kappa shape index (κ3) is 5.79. The molecule has 1 aromatic heterocycles. The monoisotopic (exact) mass is 295 g/mol. The smallest absolute Gasteiger partial charge is 0.0641 e. The SMILES string of the molecule is CCCCC(CC)Cn1nc(C)c(CNCCOC)c1C. The van der Waals surface area contributed by atoms with Gasteiger partial charge in [-0.2, -0.15) is 5.10 Å². The van der Waals surface area contributed by atoms with Crippen molar-refractivity contribution < 1.29 is 4.74 Å². The molecule has 0 saturated heterocycles. The molecule has 0 saturated carbocycles. The molecule has 1 unspecified atom stereocenters. The van der Waals surface area contributed by atoms with E-state index in [1.54, 1.807) is 7.11 Å². The second kappa shape index (κ2) is 9.96. The van der Waals surface area contributed by atoms with Crippen molar-refractivity contribution in [3.05, 3.63) is 17.0 Å². The molecule has 0 aliphatic heterocycles. The molecule has 21 heavy (non-hydrogen) atoms. The number of aromatic nitrogens is 2. The molecule has 1 heterocycles. The topological polar surface area (TPSA) is 39.1 Å². The molecular formula is C17H33N3O. The highest BCUT2D eigenvalue weighted by Gasteiger charge is 2.14. The molecule has 0 aliphatic carbocycles. The van der Waals surface area contributed by atoms with Crippen molar-refractivity contribution in [3.63, 3.8) is 0 Å². The summed E-state index contributed by atoms with van der Waals surface area (Å²) in [6.45, 7) is 12.4. The fraction of sp³-hybridized carbons (Fsp3) is 0.824. The number of methoxy groups -OCH3 is 1. The molecule has 0 bridgehead atoms. The van der Waals surface area contributed by atoms with Crippen molar-refractivity contribution in [1.29, 1.82) is 0 Å².